The highest BCUT2D eigenvalue weighted by molar-refractivity contribution is 9.10. The van der Waals surface area contributed by atoms with Crippen molar-refractivity contribution in [3.8, 4) is 5.75 Å². The normalized spacial score (nSPS) is 12.0. The third-order valence-electron chi connectivity index (χ3n) is 3.84. The summed E-state index contributed by atoms with van der Waals surface area (Å²) in [5, 5.41) is 7.61. The van der Waals surface area contributed by atoms with Crippen molar-refractivity contribution in [2.45, 2.75) is 33.5 Å². The van der Waals surface area contributed by atoms with Crippen molar-refractivity contribution in [3.63, 3.8) is 0 Å². The van der Waals surface area contributed by atoms with E-state index in [-0.39, 0.29) is 6.61 Å². The molecule has 1 atom stereocenters. The molecule has 3 rings (SSSR count). The van der Waals surface area contributed by atoms with Gasteiger partial charge in [0, 0.05) is 6.07 Å². The van der Waals surface area contributed by atoms with Crippen LogP contribution in [0.1, 0.15) is 46.2 Å². The number of carbonyl (C=O) groups is 1. The van der Waals surface area contributed by atoms with E-state index in [2.05, 4.69) is 26.2 Å². The molecule has 0 aliphatic heterocycles. The molecule has 0 aliphatic carbocycles. The minimum absolute atomic E-state index is 0.246. The monoisotopic (exact) mass is 420 g/mol. The van der Waals surface area contributed by atoms with Crippen LogP contribution in [-0.4, -0.2) is 16.3 Å². The SMILES string of the molecule is Cc1noc(C)c1COc1ccccc1C(=O)OC(C)c1cc(Br)no1. The predicted octanol–water partition coefficient (Wildman–Crippen LogP) is 4.54. The number of halogens is 1. The molecule has 0 spiro atoms. The van der Waals surface area contributed by atoms with E-state index in [1.54, 1.807) is 37.3 Å². The van der Waals surface area contributed by atoms with Gasteiger partial charge in [0.25, 0.3) is 0 Å². The first-order chi connectivity index (χ1) is 12.5. The number of hydrogen-bond acceptors (Lipinski definition) is 7. The molecule has 1 unspecified atom stereocenters. The maximum atomic E-state index is 12.5. The topological polar surface area (TPSA) is 87.6 Å². The van der Waals surface area contributed by atoms with Gasteiger partial charge in [-0.15, -0.1) is 0 Å². The Morgan fingerprint density at radius 1 is 1.23 bits per heavy atom. The smallest absolute Gasteiger partial charge is 0.342 e. The van der Waals surface area contributed by atoms with Crippen molar-refractivity contribution < 1.29 is 23.3 Å². The summed E-state index contributed by atoms with van der Waals surface area (Å²) in [6, 6.07) is 8.54. The van der Waals surface area contributed by atoms with Gasteiger partial charge in [-0.3, -0.25) is 0 Å². The van der Waals surface area contributed by atoms with Crippen LogP contribution in [0.2, 0.25) is 0 Å². The Morgan fingerprint density at radius 2 is 2.00 bits per heavy atom. The lowest BCUT2D eigenvalue weighted by molar-refractivity contribution is 0.0273. The third-order valence-corrected chi connectivity index (χ3v) is 4.22. The molecule has 0 N–H and O–H groups in total. The van der Waals surface area contributed by atoms with Gasteiger partial charge in [-0.2, -0.15) is 0 Å². The second-order valence-corrected chi connectivity index (χ2v) is 6.50. The van der Waals surface area contributed by atoms with Gasteiger partial charge >= 0.3 is 5.97 Å². The van der Waals surface area contributed by atoms with Crippen LogP contribution < -0.4 is 4.74 Å². The van der Waals surface area contributed by atoms with Gasteiger partial charge in [0.1, 0.15) is 28.3 Å². The van der Waals surface area contributed by atoms with Gasteiger partial charge in [0.15, 0.2) is 11.9 Å². The Bertz CT molecular complexity index is 898. The Kier molecular flexibility index (Phi) is 5.41. The number of benzene rings is 1. The molecule has 0 saturated carbocycles. The van der Waals surface area contributed by atoms with E-state index in [4.69, 9.17) is 18.5 Å². The summed E-state index contributed by atoms with van der Waals surface area (Å²) >= 11 is 3.20. The zero-order valence-electron chi connectivity index (χ0n) is 14.5. The van der Waals surface area contributed by atoms with E-state index >= 15 is 0 Å². The van der Waals surface area contributed by atoms with E-state index in [0.29, 0.717) is 27.4 Å². The van der Waals surface area contributed by atoms with E-state index in [9.17, 15) is 4.79 Å². The van der Waals surface area contributed by atoms with Crippen LogP contribution in [0.3, 0.4) is 0 Å². The lowest BCUT2D eigenvalue weighted by atomic mass is 10.2. The van der Waals surface area contributed by atoms with Gasteiger partial charge in [-0.05, 0) is 48.8 Å². The van der Waals surface area contributed by atoms with Crippen LogP contribution >= 0.6 is 15.9 Å². The van der Waals surface area contributed by atoms with Crippen LogP contribution in [0.5, 0.6) is 5.75 Å². The van der Waals surface area contributed by atoms with Crippen LogP contribution in [0.15, 0.2) is 44.0 Å². The molecule has 0 amide bonds. The second-order valence-electron chi connectivity index (χ2n) is 5.69. The summed E-state index contributed by atoms with van der Waals surface area (Å²) in [4.78, 5) is 12.5. The Labute approximate surface area is 158 Å². The third kappa shape index (κ3) is 3.96. The van der Waals surface area contributed by atoms with Crippen molar-refractivity contribution in [2.75, 3.05) is 0 Å². The summed E-state index contributed by atoms with van der Waals surface area (Å²) in [5.74, 6) is 1.04. The number of para-hydroxylation sites is 1. The molecule has 136 valence electrons. The molecule has 0 bridgehead atoms. The first-order valence-electron chi connectivity index (χ1n) is 7.92. The number of carbonyl (C=O) groups excluding carboxylic acids is 1. The minimum Gasteiger partial charge on any atom is -0.488 e. The van der Waals surface area contributed by atoms with Crippen LogP contribution in [0.25, 0.3) is 0 Å². The molecule has 0 aliphatic rings. The molecule has 2 aromatic heterocycles. The quantitative estimate of drug-likeness (QED) is 0.540. The van der Waals surface area contributed by atoms with E-state index < -0.39 is 12.1 Å². The van der Waals surface area contributed by atoms with Crippen LogP contribution in [0, 0.1) is 13.8 Å². The molecule has 0 fully saturated rings. The number of aryl methyl sites for hydroxylation is 2. The first-order valence-corrected chi connectivity index (χ1v) is 8.71. The second kappa shape index (κ2) is 7.74. The highest BCUT2D eigenvalue weighted by Gasteiger charge is 2.21. The number of ether oxygens (including phenoxy) is 2. The first kappa shape index (κ1) is 18.2. The maximum absolute atomic E-state index is 12.5. The number of nitrogens with zero attached hydrogens (tertiary/aromatic N) is 2. The summed E-state index contributed by atoms with van der Waals surface area (Å²) in [6.07, 6.45) is -0.586. The van der Waals surface area contributed by atoms with Gasteiger partial charge in [0.05, 0.1) is 11.3 Å². The minimum atomic E-state index is -0.586. The fraction of sp³-hybridized carbons (Fsp3) is 0.278. The largest absolute Gasteiger partial charge is 0.488 e. The Balaban J connectivity index is 1.73. The van der Waals surface area contributed by atoms with Crippen molar-refractivity contribution >= 4 is 21.9 Å². The highest BCUT2D eigenvalue weighted by atomic mass is 79.9. The molecule has 1 aromatic carbocycles. The van der Waals surface area contributed by atoms with Crippen molar-refractivity contribution in [2.24, 2.45) is 0 Å². The van der Waals surface area contributed by atoms with E-state index in [1.165, 1.54) is 0 Å². The number of hydrogen-bond donors (Lipinski definition) is 0. The van der Waals surface area contributed by atoms with Gasteiger partial charge < -0.3 is 18.5 Å². The van der Waals surface area contributed by atoms with Crippen molar-refractivity contribution in [1.82, 2.24) is 10.3 Å². The summed E-state index contributed by atoms with van der Waals surface area (Å²) < 4.78 is 22.0. The van der Waals surface area contributed by atoms with Gasteiger partial charge in [-0.1, -0.05) is 22.4 Å². The van der Waals surface area contributed by atoms with Crippen molar-refractivity contribution in [3.05, 3.63) is 63.3 Å². The number of esters is 1. The standard InChI is InChI=1S/C18H17BrN2O5/c1-10-14(11(2)25-20-10)9-23-15-7-5-4-6-13(15)18(22)24-12(3)16-8-17(19)21-26-16/h4-8,12H,9H2,1-3H3. The molecule has 2 heterocycles. The fourth-order valence-electron chi connectivity index (χ4n) is 2.36. The lowest BCUT2D eigenvalue weighted by Crippen LogP contribution is -2.11. The number of rotatable bonds is 6. The summed E-state index contributed by atoms with van der Waals surface area (Å²) in [6.45, 7) is 5.61. The van der Waals surface area contributed by atoms with E-state index in [1.807, 2.05) is 13.8 Å². The maximum Gasteiger partial charge on any atom is 0.342 e. The Morgan fingerprint density at radius 3 is 2.65 bits per heavy atom. The molecule has 0 radical (unpaired) electrons. The fourth-order valence-corrected chi connectivity index (χ4v) is 2.66. The van der Waals surface area contributed by atoms with Crippen molar-refractivity contribution in [1.29, 1.82) is 0 Å². The van der Waals surface area contributed by atoms with E-state index in [0.717, 1.165) is 11.3 Å². The Hall–Kier alpha value is -2.61. The van der Waals surface area contributed by atoms with Crippen LogP contribution in [0.4, 0.5) is 0 Å². The predicted molar refractivity (Wildman–Crippen MR) is 94.8 cm³/mol. The molecule has 26 heavy (non-hydrogen) atoms. The molecular weight excluding hydrogens is 404 g/mol. The zero-order chi connectivity index (χ0) is 18.7. The summed E-state index contributed by atoms with van der Waals surface area (Å²) in [7, 11) is 0. The number of aromatic nitrogens is 2. The van der Waals surface area contributed by atoms with Crippen LogP contribution in [-0.2, 0) is 11.3 Å². The van der Waals surface area contributed by atoms with Gasteiger partial charge in [-0.25, -0.2) is 4.79 Å². The lowest BCUT2D eigenvalue weighted by Gasteiger charge is -2.13. The molecule has 0 saturated heterocycles. The summed E-state index contributed by atoms with van der Waals surface area (Å²) in [5.41, 5.74) is 1.94. The molecule has 7 nitrogen and oxygen atoms in total. The average Bonchev–Trinajstić information content (AvgIpc) is 3.19. The van der Waals surface area contributed by atoms with Gasteiger partial charge in [0.2, 0.25) is 0 Å². The zero-order valence-corrected chi connectivity index (χ0v) is 16.1. The molecule has 3 aromatic rings. The molecule has 8 heteroatoms. The average molecular weight is 421 g/mol. The highest BCUT2D eigenvalue weighted by Crippen LogP contribution is 2.26. The molecular formula is C18H17BrN2O5.